The summed E-state index contributed by atoms with van der Waals surface area (Å²) in [5.41, 5.74) is 17.5. The first-order valence-electron chi connectivity index (χ1n) is 24.5. The topological polar surface area (TPSA) is 48.5 Å². The predicted octanol–water partition coefficient (Wildman–Crippen LogP) is 16.7. The lowest BCUT2D eigenvalue weighted by Crippen LogP contribution is -2.34. The van der Waals surface area contributed by atoms with E-state index in [9.17, 15) is 0 Å². The average molecular weight is 902 g/mol. The van der Waals surface area contributed by atoms with Gasteiger partial charge in [0.1, 0.15) is 0 Å². The Morgan fingerprint density at radius 3 is 1.60 bits per heavy atom. The standard InChI is InChI=1S/C65H51N5/c1-64(2)38-39-65(3,4)58-49(32-19-33-55(58)64)46-26-17-24-44(40-46)45-25-18-27-47(41-45)69-56-34-15-13-29-50(56)52-36-37-53-51-30-14-16-35-57(51)70(60(53)59(52)69)63-67-61(43-22-9-6-10-23-43)66-62(68-63)54-31-12-11-28-48(54)42-20-7-5-8-21-42/h5-37,40-41H,38-39H2,1-4H3. The Balaban J connectivity index is 1.05. The second-order valence-corrected chi connectivity index (χ2v) is 20.3. The third-order valence-corrected chi connectivity index (χ3v) is 15.0. The van der Waals surface area contributed by atoms with Crippen molar-refractivity contribution in [3.8, 4) is 67.8 Å². The molecule has 336 valence electrons. The molecule has 5 nitrogen and oxygen atoms in total. The maximum atomic E-state index is 5.48. The fraction of sp³-hybridized carbons (Fsp3) is 0.123. The Labute approximate surface area is 408 Å². The average Bonchev–Trinajstić information content (AvgIpc) is 3.94. The van der Waals surface area contributed by atoms with Crippen LogP contribution in [0.4, 0.5) is 0 Å². The summed E-state index contributed by atoms with van der Waals surface area (Å²) in [5, 5.41) is 4.59. The highest BCUT2D eigenvalue weighted by Crippen LogP contribution is 2.50. The molecule has 0 saturated carbocycles. The van der Waals surface area contributed by atoms with Gasteiger partial charge in [-0.2, -0.15) is 9.97 Å². The smallest absolute Gasteiger partial charge is 0.238 e. The number of para-hydroxylation sites is 2. The van der Waals surface area contributed by atoms with Crippen molar-refractivity contribution in [2.24, 2.45) is 0 Å². The van der Waals surface area contributed by atoms with Gasteiger partial charge in [-0.1, -0.05) is 210 Å². The highest BCUT2D eigenvalue weighted by Gasteiger charge is 2.38. The van der Waals surface area contributed by atoms with E-state index in [1.165, 1.54) is 46.0 Å². The molecule has 1 aliphatic carbocycles. The van der Waals surface area contributed by atoms with E-state index in [4.69, 9.17) is 15.0 Å². The molecule has 0 unspecified atom stereocenters. The second-order valence-electron chi connectivity index (χ2n) is 20.3. The monoisotopic (exact) mass is 901 g/mol. The zero-order valence-corrected chi connectivity index (χ0v) is 39.9. The lowest BCUT2D eigenvalue weighted by molar-refractivity contribution is 0.333. The van der Waals surface area contributed by atoms with Gasteiger partial charge in [0.15, 0.2) is 11.6 Å². The summed E-state index contributed by atoms with van der Waals surface area (Å²) in [6, 6.07) is 76.4. The molecule has 0 saturated heterocycles. The number of hydrogen-bond donors (Lipinski definition) is 0. The van der Waals surface area contributed by atoms with Crippen molar-refractivity contribution in [2.45, 2.75) is 51.4 Å². The molecule has 9 aromatic carbocycles. The molecule has 0 N–H and O–H groups in total. The summed E-state index contributed by atoms with van der Waals surface area (Å²) in [5.74, 6) is 1.78. The largest absolute Gasteiger partial charge is 0.307 e. The normalized spacial score (nSPS) is 14.1. The minimum atomic E-state index is 0.0837. The first kappa shape index (κ1) is 41.8. The van der Waals surface area contributed by atoms with Crippen molar-refractivity contribution < 1.29 is 0 Å². The number of benzene rings is 9. The quantitative estimate of drug-likeness (QED) is 0.160. The van der Waals surface area contributed by atoms with Gasteiger partial charge in [0, 0.05) is 38.4 Å². The maximum Gasteiger partial charge on any atom is 0.238 e. The Hall–Kier alpha value is -8.41. The van der Waals surface area contributed by atoms with E-state index >= 15 is 0 Å². The highest BCUT2D eigenvalue weighted by molar-refractivity contribution is 6.23. The van der Waals surface area contributed by atoms with E-state index in [1.807, 2.05) is 18.2 Å². The van der Waals surface area contributed by atoms with Crippen LogP contribution in [0.2, 0.25) is 0 Å². The number of fused-ring (bicyclic) bond motifs is 8. The van der Waals surface area contributed by atoms with Crippen molar-refractivity contribution in [1.29, 1.82) is 0 Å². The van der Waals surface area contributed by atoms with Gasteiger partial charge in [-0.05, 0) is 98.5 Å². The van der Waals surface area contributed by atoms with E-state index in [1.54, 1.807) is 0 Å². The molecule has 0 atom stereocenters. The molecule has 1 aliphatic rings. The van der Waals surface area contributed by atoms with Gasteiger partial charge in [-0.25, -0.2) is 4.98 Å². The SMILES string of the molecule is CC1(C)CCC(C)(C)c2c(-c3cccc(-c4cccc(-n5c6ccccc6c6ccc7c8ccccc8n(-c8nc(-c9ccccc9)nc(-c9ccccc9-c9ccccc9)n8)c7c65)c4)c3)cccc21. The zero-order chi connectivity index (χ0) is 47.1. The number of hydrogen-bond acceptors (Lipinski definition) is 3. The van der Waals surface area contributed by atoms with Gasteiger partial charge < -0.3 is 4.57 Å². The first-order chi connectivity index (χ1) is 34.2. The molecular formula is C65H51N5. The number of rotatable bonds is 7. The third-order valence-electron chi connectivity index (χ3n) is 15.0. The van der Waals surface area contributed by atoms with Gasteiger partial charge in [0.05, 0.1) is 22.1 Å². The van der Waals surface area contributed by atoms with Crippen molar-refractivity contribution in [3.05, 3.63) is 223 Å². The van der Waals surface area contributed by atoms with E-state index in [2.05, 4.69) is 231 Å². The van der Waals surface area contributed by atoms with Gasteiger partial charge in [-0.3, -0.25) is 4.57 Å². The molecule has 0 spiro atoms. The van der Waals surface area contributed by atoms with E-state index < -0.39 is 0 Å². The molecule has 3 aromatic heterocycles. The fourth-order valence-corrected chi connectivity index (χ4v) is 11.5. The molecule has 5 heteroatoms. The third kappa shape index (κ3) is 6.71. The fourth-order valence-electron chi connectivity index (χ4n) is 11.5. The zero-order valence-electron chi connectivity index (χ0n) is 39.9. The van der Waals surface area contributed by atoms with Gasteiger partial charge in [0.2, 0.25) is 5.95 Å². The van der Waals surface area contributed by atoms with Crippen LogP contribution in [0.15, 0.2) is 212 Å². The molecule has 0 bridgehead atoms. The van der Waals surface area contributed by atoms with Crippen LogP contribution in [0, 0.1) is 0 Å². The Morgan fingerprint density at radius 1 is 0.357 bits per heavy atom. The summed E-state index contributed by atoms with van der Waals surface area (Å²) in [6.07, 6.45) is 2.36. The summed E-state index contributed by atoms with van der Waals surface area (Å²) in [6.45, 7) is 9.66. The molecule has 0 radical (unpaired) electrons. The molecule has 70 heavy (non-hydrogen) atoms. The lowest BCUT2D eigenvalue weighted by atomic mass is 9.61. The molecule has 0 amide bonds. The molecule has 0 aliphatic heterocycles. The van der Waals surface area contributed by atoms with Crippen LogP contribution >= 0.6 is 0 Å². The Bertz CT molecular complexity index is 4010. The predicted molar refractivity (Wildman–Crippen MR) is 291 cm³/mol. The van der Waals surface area contributed by atoms with Crippen LogP contribution in [0.25, 0.3) is 111 Å². The molecular weight excluding hydrogens is 851 g/mol. The number of nitrogens with zero attached hydrogens (tertiary/aromatic N) is 5. The molecule has 0 fully saturated rings. The minimum Gasteiger partial charge on any atom is -0.307 e. The van der Waals surface area contributed by atoms with Crippen LogP contribution in [-0.2, 0) is 10.8 Å². The summed E-state index contributed by atoms with van der Waals surface area (Å²) < 4.78 is 4.74. The summed E-state index contributed by atoms with van der Waals surface area (Å²) in [7, 11) is 0. The van der Waals surface area contributed by atoms with Crippen molar-refractivity contribution in [1.82, 2.24) is 24.1 Å². The first-order valence-corrected chi connectivity index (χ1v) is 24.5. The van der Waals surface area contributed by atoms with Crippen molar-refractivity contribution in [2.75, 3.05) is 0 Å². The summed E-state index contributed by atoms with van der Waals surface area (Å²) in [4.78, 5) is 16.1. The molecule has 12 aromatic rings. The minimum absolute atomic E-state index is 0.0837. The Kier molecular flexibility index (Phi) is 9.60. The van der Waals surface area contributed by atoms with Gasteiger partial charge >= 0.3 is 0 Å². The van der Waals surface area contributed by atoms with Crippen molar-refractivity contribution >= 4 is 43.6 Å². The van der Waals surface area contributed by atoms with E-state index in [-0.39, 0.29) is 10.8 Å². The Morgan fingerprint density at radius 2 is 0.871 bits per heavy atom. The van der Waals surface area contributed by atoms with E-state index in [0.717, 1.165) is 71.7 Å². The highest BCUT2D eigenvalue weighted by atomic mass is 15.2. The van der Waals surface area contributed by atoms with Crippen molar-refractivity contribution in [3.63, 3.8) is 0 Å². The maximum absolute atomic E-state index is 5.48. The lowest BCUT2D eigenvalue weighted by Gasteiger charge is -2.43. The molecule has 13 rings (SSSR count). The van der Waals surface area contributed by atoms with Crippen LogP contribution in [-0.4, -0.2) is 24.1 Å². The second kappa shape index (κ2) is 16.1. The number of aromatic nitrogens is 5. The van der Waals surface area contributed by atoms with Crippen LogP contribution in [0.3, 0.4) is 0 Å². The molecule has 3 heterocycles. The van der Waals surface area contributed by atoms with Gasteiger partial charge in [0.25, 0.3) is 0 Å². The summed E-state index contributed by atoms with van der Waals surface area (Å²) >= 11 is 0. The van der Waals surface area contributed by atoms with E-state index in [0.29, 0.717) is 17.6 Å². The van der Waals surface area contributed by atoms with Crippen LogP contribution in [0.1, 0.15) is 51.7 Å². The van der Waals surface area contributed by atoms with Gasteiger partial charge in [-0.15, -0.1) is 0 Å². The van der Waals surface area contributed by atoms with Crippen LogP contribution in [0.5, 0.6) is 0 Å². The van der Waals surface area contributed by atoms with Crippen LogP contribution < -0.4 is 0 Å².